The number of aromatic carboxylic acids is 2. The van der Waals surface area contributed by atoms with E-state index in [1.807, 2.05) is 0 Å². The fraction of sp³-hybridized carbons (Fsp3) is 0. The normalized spacial score (nSPS) is 9.95. The van der Waals surface area contributed by atoms with Gasteiger partial charge in [-0.3, -0.25) is 0 Å². The number of carboxylic acid groups (broad SMARTS) is 2. The largest absolute Gasteiger partial charge is 2.00 e. The molecule has 0 aliphatic rings. The fourth-order valence-electron chi connectivity index (χ4n) is 1.73. The summed E-state index contributed by atoms with van der Waals surface area (Å²) in [6.07, 6.45) is 0. The molecular weight excluding hydrogens is 305 g/mol. The van der Waals surface area contributed by atoms with E-state index in [0.29, 0.717) is 0 Å². The van der Waals surface area contributed by atoms with Gasteiger partial charge in [0.1, 0.15) is 0 Å². The molecule has 0 bridgehead atoms. The average Bonchev–Trinajstić information content (AvgIpc) is 2.46. The van der Waals surface area contributed by atoms with Crippen LogP contribution in [0.1, 0.15) is 23.6 Å². The number of carbonyl (C=O) groups is 2. The number of carboxylic acids is 2. The second-order valence-electron chi connectivity index (χ2n) is 3.87. The minimum atomic E-state index is -1.87. The predicted molar refractivity (Wildman–Crippen MR) is 79.5 cm³/mol. The summed E-state index contributed by atoms with van der Waals surface area (Å²) in [6.45, 7) is 0. The van der Waals surface area contributed by atoms with E-state index in [4.69, 9.17) is 10.2 Å². The van der Waals surface area contributed by atoms with Crippen LogP contribution in [0.3, 0.4) is 0 Å². The van der Waals surface area contributed by atoms with Crippen LogP contribution in [-0.4, -0.2) is 49.4 Å². The van der Waals surface area contributed by atoms with Crippen molar-refractivity contribution in [3.05, 3.63) is 59.7 Å². The van der Waals surface area contributed by atoms with Gasteiger partial charge in [0.15, 0.2) is 0 Å². The molecule has 106 valence electrons. The monoisotopic (exact) mass is 316 g/mol. The minimum absolute atomic E-state index is 0. The van der Waals surface area contributed by atoms with Crippen molar-refractivity contribution in [2.24, 2.45) is 0 Å². The summed E-state index contributed by atoms with van der Waals surface area (Å²) in [5.41, 5.74) is -0.211. The van der Waals surface area contributed by atoms with Crippen molar-refractivity contribution < 1.29 is 26.9 Å². The Balaban J connectivity index is 0. The smallest absolute Gasteiger partial charge is 1.00 e. The molecule has 2 aromatic rings. The number of hydrogen-bond donors (Lipinski definition) is 2. The molecule has 0 amide bonds. The van der Waals surface area contributed by atoms with E-state index >= 15 is 0 Å². The van der Waals surface area contributed by atoms with E-state index in [1.165, 1.54) is 36.4 Å². The first-order valence-corrected chi connectivity index (χ1v) is 6.73. The van der Waals surface area contributed by atoms with E-state index in [0.717, 1.165) is 0 Å². The van der Waals surface area contributed by atoms with Gasteiger partial charge in [-0.15, -0.1) is 0 Å². The molecule has 0 aliphatic carbocycles. The van der Waals surface area contributed by atoms with Gasteiger partial charge in [-0.25, -0.2) is 13.8 Å². The van der Waals surface area contributed by atoms with Crippen LogP contribution in [0.2, 0.25) is 0 Å². The Morgan fingerprint density at radius 2 is 1.14 bits per heavy atom. The molecule has 0 radical (unpaired) electrons. The van der Waals surface area contributed by atoms with Crippen molar-refractivity contribution in [2.45, 2.75) is 9.79 Å². The van der Waals surface area contributed by atoms with Gasteiger partial charge in [0.25, 0.3) is 0 Å². The molecule has 21 heavy (non-hydrogen) atoms. The number of rotatable bonds is 4. The van der Waals surface area contributed by atoms with Gasteiger partial charge in [0.05, 0.1) is 31.7 Å². The van der Waals surface area contributed by atoms with Crippen molar-refractivity contribution >= 4 is 45.8 Å². The maximum Gasteiger partial charge on any atom is 2.00 e. The summed E-state index contributed by atoms with van der Waals surface area (Å²) in [5.74, 6) is -2.41. The molecule has 5 nitrogen and oxygen atoms in total. The Morgan fingerprint density at radius 1 is 0.810 bits per heavy atom. The van der Waals surface area contributed by atoms with Crippen LogP contribution in [0.25, 0.3) is 0 Å². The maximum atomic E-state index is 12.5. The first kappa shape index (κ1) is 17.3. The van der Waals surface area contributed by atoms with Crippen LogP contribution < -0.4 is 0 Å². The van der Waals surface area contributed by atoms with E-state index in [9.17, 15) is 13.8 Å². The standard InChI is InChI=1S/C14H10O5S.Mg.2H/c15-13(16)9-5-1-3-7-11(9)20(19)12-8-4-2-6-10(12)14(17)18;;;/h1-8H,(H,15,16)(H,17,18);;;/q;+2;2*-1. The van der Waals surface area contributed by atoms with E-state index in [-0.39, 0.29) is 46.8 Å². The van der Waals surface area contributed by atoms with Gasteiger partial charge in [-0.1, -0.05) is 24.3 Å². The molecule has 0 aromatic heterocycles. The summed E-state index contributed by atoms with van der Waals surface area (Å²) in [4.78, 5) is 22.4. The van der Waals surface area contributed by atoms with Crippen LogP contribution in [-0.2, 0) is 10.8 Å². The molecule has 2 N–H and O–H groups in total. The molecular formula is C14H12MgO5S. The zero-order valence-corrected chi connectivity index (χ0v) is 13.1. The third-order valence-electron chi connectivity index (χ3n) is 2.63. The van der Waals surface area contributed by atoms with E-state index in [2.05, 4.69) is 0 Å². The SMILES string of the molecule is O=C(O)c1ccccc1S(=O)c1ccccc1C(=O)O.[H-].[H-].[Mg+2]. The van der Waals surface area contributed by atoms with Crippen molar-refractivity contribution in [1.82, 2.24) is 0 Å². The topological polar surface area (TPSA) is 91.7 Å². The first-order chi connectivity index (χ1) is 9.52. The van der Waals surface area contributed by atoms with Crippen LogP contribution in [0.15, 0.2) is 58.3 Å². The molecule has 0 aliphatic heterocycles. The molecule has 2 rings (SSSR count). The van der Waals surface area contributed by atoms with Gasteiger partial charge in [-0.2, -0.15) is 0 Å². The molecule has 0 spiro atoms. The van der Waals surface area contributed by atoms with Crippen molar-refractivity contribution in [3.8, 4) is 0 Å². The van der Waals surface area contributed by atoms with E-state index < -0.39 is 22.7 Å². The molecule has 0 saturated heterocycles. The zero-order valence-electron chi connectivity index (χ0n) is 12.9. The van der Waals surface area contributed by atoms with Gasteiger partial charge < -0.3 is 13.1 Å². The Hall–Kier alpha value is -1.70. The van der Waals surface area contributed by atoms with Crippen LogP contribution in [0.4, 0.5) is 0 Å². The summed E-state index contributed by atoms with van der Waals surface area (Å²) < 4.78 is 12.5. The fourth-order valence-corrected chi connectivity index (χ4v) is 3.08. The molecule has 2 aromatic carbocycles. The minimum Gasteiger partial charge on any atom is -1.00 e. The Bertz CT molecular complexity index is 664. The summed E-state index contributed by atoms with van der Waals surface area (Å²) in [5, 5.41) is 18.2. The van der Waals surface area contributed by atoms with Crippen molar-refractivity contribution in [1.29, 1.82) is 0 Å². The second-order valence-corrected chi connectivity index (χ2v) is 5.29. The van der Waals surface area contributed by atoms with Crippen LogP contribution in [0, 0.1) is 0 Å². The average molecular weight is 317 g/mol. The molecule has 0 unspecified atom stereocenters. The third-order valence-corrected chi connectivity index (χ3v) is 4.15. The third kappa shape index (κ3) is 3.69. The van der Waals surface area contributed by atoms with Crippen molar-refractivity contribution in [3.63, 3.8) is 0 Å². The molecule has 0 saturated carbocycles. The van der Waals surface area contributed by atoms with Gasteiger partial charge in [0, 0.05) is 0 Å². The Morgan fingerprint density at radius 3 is 1.48 bits per heavy atom. The predicted octanol–water partition coefficient (Wildman–Crippen LogP) is 2.09. The Kier molecular flexibility index (Phi) is 6.07. The number of hydrogen-bond acceptors (Lipinski definition) is 3. The number of benzene rings is 2. The molecule has 7 heteroatoms. The molecule has 0 atom stereocenters. The second kappa shape index (κ2) is 7.35. The maximum absolute atomic E-state index is 12.5. The van der Waals surface area contributed by atoms with Crippen LogP contribution in [0.5, 0.6) is 0 Å². The van der Waals surface area contributed by atoms with Gasteiger partial charge in [0.2, 0.25) is 0 Å². The first-order valence-electron chi connectivity index (χ1n) is 5.59. The van der Waals surface area contributed by atoms with Crippen molar-refractivity contribution in [2.75, 3.05) is 0 Å². The van der Waals surface area contributed by atoms with Gasteiger partial charge >= 0.3 is 35.0 Å². The van der Waals surface area contributed by atoms with Gasteiger partial charge in [-0.05, 0) is 24.3 Å². The quantitative estimate of drug-likeness (QED) is 0.843. The Labute approximate surface area is 142 Å². The van der Waals surface area contributed by atoms with E-state index in [1.54, 1.807) is 12.1 Å². The summed E-state index contributed by atoms with van der Waals surface area (Å²) >= 11 is 0. The molecule has 0 heterocycles. The summed E-state index contributed by atoms with van der Waals surface area (Å²) in [7, 11) is -1.87. The molecule has 0 fully saturated rings. The summed E-state index contributed by atoms with van der Waals surface area (Å²) in [6, 6.07) is 11.7. The van der Waals surface area contributed by atoms with Crippen LogP contribution >= 0.6 is 0 Å². The zero-order chi connectivity index (χ0) is 14.7.